The van der Waals surface area contributed by atoms with E-state index in [1.807, 2.05) is 6.07 Å². The van der Waals surface area contributed by atoms with Gasteiger partial charge in [-0.05, 0) is 12.0 Å². The van der Waals surface area contributed by atoms with Crippen LogP contribution in [0.5, 0.6) is 0 Å². The minimum absolute atomic E-state index is 0.319. The summed E-state index contributed by atoms with van der Waals surface area (Å²) in [5.74, 6) is 0.135. The average Bonchev–Trinajstić information content (AvgIpc) is 2.72. The van der Waals surface area contributed by atoms with Crippen molar-refractivity contribution in [3.8, 4) is 0 Å². The molecule has 1 atom stereocenters. The Morgan fingerprint density at radius 1 is 1.59 bits per heavy atom. The Morgan fingerprint density at radius 3 is 2.76 bits per heavy atom. The van der Waals surface area contributed by atoms with Gasteiger partial charge in [0.25, 0.3) is 0 Å². The molecule has 0 aromatic carbocycles. The van der Waals surface area contributed by atoms with E-state index in [4.69, 9.17) is 10.5 Å². The van der Waals surface area contributed by atoms with Crippen molar-refractivity contribution in [3.63, 3.8) is 0 Å². The van der Waals surface area contributed by atoms with Gasteiger partial charge in [0.05, 0.1) is 12.2 Å². The molecule has 96 valence electrons. The monoisotopic (exact) mass is 256 g/mol. The molecule has 1 amide bonds. The number of nitrogens with one attached hydrogen (secondary N) is 1. The highest BCUT2D eigenvalue weighted by atomic mass is 32.1. The van der Waals surface area contributed by atoms with Crippen molar-refractivity contribution in [1.29, 1.82) is 0 Å². The Bertz CT molecular complexity index is 363. The van der Waals surface area contributed by atoms with E-state index in [0.29, 0.717) is 24.1 Å². The Kier molecular flexibility index (Phi) is 5.61. The Hall–Kier alpha value is -0.910. The number of hydrogen-bond acceptors (Lipinski definition) is 4. The lowest BCUT2D eigenvalue weighted by Crippen LogP contribution is -2.37. The minimum atomic E-state index is -0.371. The van der Waals surface area contributed by atoms with Gasteiger partial charge < -0.3 is 15.8 Å². The fourth-order valence-electron chi connectivity index (χ4n) is 1.50. The predicted molar refractivity (Wildman–Crippen MR) is 70.2 cm³/mol. The molecule has 0 spiro atoms. The summed E-state index contributed by atoms with van der Waals surface area (Å²) in [5.41, 5.74) is 5.79. The van der Waals surface area contributed by atoms with E-state index < -0.39 is 0 Å². The van der Waals surface area contributed by atoms with Crippen LogP contribution in [0, 0.1) is 5.92 Å². The molecule has 3 N–H and O–H groups in total. The van der Waals surface area contributed by atoms with Gasteiger partial charge in [0.15, 0.2) is 0 Å². The van der Waals surface area contributed by atoms with Crippen LogP contribution in [0.25, 0.3) is 0 Å². The fourth-order valence-corrected chi connectivity index (χ4v) is 2.33. The molecule has 0 aliphatic heterocycles. The summed E-state index contributed by atoms with van der Waals surface area (Å²) in [6.45, 7) is 5.73. The fraction of sp³-hybridized carbons (Fsp3) is 0.583. The van der Waals surface area contributed by atoms with Crippen molar-refractivity contribution < 1.29 is 9.53 Å². The maximum absolute atomic E-state index is 11.0. The second-order valence-corrected chi connectivity index (χ2v) is 5.35. The standard InChI is InChI=1S/C12H20N2O2S/c1-8(2)11(6-16-3)14-5-10-4-9(7-17-10)12(13)15/h4,7-8,11,14H,5-6H2,1-3H3,(H2,13,15). The smallest absolute Gasteiger partial charge is 0.249 e. The molecular formula is C12H20N2O2S. The van der Waals surface area contributed by atoms with E-state index in [2.05, 4.69) is 19.2 Å². The van der Waals surface area contributed by atoms with Crippen molar-refractivity contribution in [2.75, 3.05) is 13.7 Å². The number of methoxy groups -OCH3 is 1. The van der Waals surface area contributed by atoms with Crippen molar-refractivity contribution in [1.82, 2.24) is 5.32 Å². The lowest BCUT2D eigenvalue weighted by molar-refractivity contribution is 0.100. The third-order valence-corrected chi connectivity index (χ3v) is 3.56. The summed E-state index contributed by atoms with van der Waals surface area (Å²) in [6, 6.07) is 2.16. The van der Waals surface area contributed by atoms with Crippen LogP contribution in [0.15, 0.2) is 11.4 Å². The lowest BCUT2D eigenvalue weighted by atomic mass is 10.1. The minimum Gasteiger partial charge on any atom is -0.383 e. The second-order valence-electron chi connectivity index (χ2n) is 4.35. The van der Waals surface area contributed by atoms with E-state index in [9.17, 15) is 4.79 Å². The number of carbonyl (C=O) groups excluding carboxylic acids is 1. The zero-order valence-corrected chi connectivity index (χ0v) is 11.3. The van der Waals surface area contributed by atoms with Gasteiger partial charge in [0.2, 0.25) is 5.91 Å². The van der Waals surface area contributed by atoms with E-state index in [1.54, 1.807) is 23.8 Å². The topological polar surface area (TPSA) is 64.3 Å². The molecule has 0 aliphatic carbocycles. The molecule has 0 aliphatic rings. The predicted octanol–water partition coefficient (Wildman–Crippen LogP) is 1.61. The third-order valence-electron chi connectivity index (χ3n) is 2.63. The summed E-state index contributed by atoms with van der Waals surface area (Å²) in [7, 11) is 1.70. The molecule has 17 heavy (non-hydrogen) atoms. The van der Waals surface area contributed by atoms with Crippen molar-refractivity contribution in [3.05, 3.63) is 21.9 Å². The second kappa shape index (κ2) is 6.74. The van der Waals surface area contributed by atoms with Crippen LogP contribution in [0.1, 0.15) is 29.1 Å². The maximum atomic E-state index is 11.0. The molecule has 1 aromatic heterocycles. The largest absolute Gasteiger partial charge is 0.383 e. The number of rotatable bonds is 7. The normalized spacial score (nSPS) is 12.9. The number of thiophene rings is 1. The summed E-state index contributed by atoms with van der Waals surface area (Å²) in [4.78, 5) is 12.1. The van der Waals surface area contributed by atoms with Crippen LogP contribution in [0.2, 0.25) is 0 Å². The number of ether oxygens (including phenoxy) is 1. The van der Waals surface area contributed by atoms with Crippen LogP contribution in [0.4, 0.5) is 0 Å². The molecule has 4 nitrogen and oxygen atoms in total. The number of nitrogens with two attached hydrogens (primary N) is 1. The van der Waals surface area contributed by atoms with Gasteiger partial charge in [0.1, 0.15) is 0 Å². The molecule has 0 radical (unpaired) electrons. The summed E-state index contributed by atoms with van der Waals surface area (Å²) in [6.07, 6.45) is 0. The Balaban J connectivity index is 2.50. The van der Waals surface area contributed by atoms with E-state index >= 15 is 0 Å². The molecule has 1 rings (SSSR count). The zero-order valence-electron chi connectivity index (χ0n) is 10.5. The highest BCUT2D eigenvalue weighted by Gasteiger charge is 2.13. The molecule has 0 saturated heterocycles. The van der Waals surface area contributed by atoms with Gasteiger partial charge in [-0.1, -0.05) is 13.8 Å². The summed E-state index contributed by atoms with van der Waals surface area (Å²) in [5, 5.41) is 5.21. The molecule has 0 saturated carbocycles. The first kappa shape index (κ1) is 14.2. The highest BCUT2D eigenvalue weighted by Crippen LogP contribution is 2.14. The molecule has 1 unspecified atom stereocenters. The number of carbonyl (C=O) groups is 1. The quantitative estimate of drug-likeness (QED) is 0.779. The summed E-state index contributed by atoms with van der Waals surface area (Å²) < 4.78 is 5.16. The van der Waals surface area contributed by atoms with Crippen LogP contribution in [-0.2, 0) is 11.3 Å². The highest BCUT2D eigenvalue weighted by molar-refractivity contribution is 7.10. The maximum Gasteiger partial charge on any atom is 0.249 e. The molecule has 1 aromatic rings. The lowest BCUT2D eigenvalue weighted by Gasteiger charge is -2.21. The van der Waals surface area contributed by atoms with Gasteiger partial charge in [-0.3, -0.25) is 4.79 Å². The van der Waals surface area contributed by atoms with Gasteiger partial charge in [-0.2, -0.15) is 0 Å². The van der Waals surface area contributed by atoms with Crippen LogP contribution in [0.3, 0.4) is 0 Å². The first-order valence-electron chi connectivity index (χ1n) is 5.64. The molecule has 0 bridgehead atoms. The van der Waals surface area contributed by atoms with E-state index in [0.717, 1.165) is 11.4 Å². The van der Waals surface area contributed by atoms with Crippen LogP contribution < -0.4 is 11.1 Å². The van der Waals surface area contributed by atoms with Gasteiger partial charge in [0, 0.05) is 30.0 Å². The zero-order chi connectivity index (χ0) is 12.8. The summed E-state index contributed by atoms with van der Waals surface area (Å²) >= 11 is 1.55. The number of primary amides is 1. The van der Waals surface area contributed by atoms with Crippen molar-refractivity contribution in [2.45, 2.75) is 26.4 Å². The molecular weight excluding hydrogens is 236 g/mol. The van der Waals surface area contributed by atoms with E-state index in [1.165, 1.54) is 0 Å². The molecule has 1 heterocycles. The molecule has 0 fully saturated rings. The SMILES string of the molecule is COCC(NCc1cc(C(N)=O)cs1)C(C)C. The average molecular weight is 256 g/mol. The third kappa shape index (κ3) is 4.46. The first-order valence-corrected chi connectivity index (χ1v) is 6.52. The first-order chi connectivity index (χ1) is 8.04. The Labute approximate surface area is 106 Å². The number of amides is 1. The van der Waals surface area contributed by atoms with Gasteiger partial charge in [-0.25, -0.2) is 0 Å². The van der Waals surface area contributed by atoms with Gasteiger partial charge >= 0.3 is 0 Å². The Morgan fingerprint density at radius 2 is 2.29 bits per heavy atom. The van der Waals surface area contributed by atoms with Gasteiger partial charge in [-0.15, -0.1) is 11.3 Å². The van der Waals surface area contributed by atoms with Crippen molar-refractivity contribution >= 4 is 17.2 Å². The van der Waals surface area contributed by atoms with E-state index in [-0.39, 0.29) is 5.91 Å². The molecule has 5 heteroatoms. The number of hydrogen-bond donors (Lipinski definition) is 2. The van der Waals surface area contributed by atoms with Crippen molar-refractivity contribution in [2.24, 2.45) is 11.7 Å². The van der Waals surface area contributed by atoms with Crippen LogP contribution >= 0.6 is 11.3 Å². The van der Waals surface area contributed by atoms with Crippen LogP contribution in [-0.4, -0.2) is 25.7 Å².